The number of fused-ring (bicyclic) bond motifs is 1. The molecule has 0 atom stereocenters. The molecule has 2 fully saturated rings. The van der Waals surface area contributed by atoms with Gasteiger partial charge in [0.1, 0.15) is 5.58 Å². The molecule has 1 aliphatic carbocycles. The van der Waals surface area contributed by atoms with Crippen LogP contribution >= 0.6 is 0 Å². The van der Waals surface area contributed by atoms with E-state index in [4.69, 9.17) is 9.15 Å². The fraction of sp³-hybridized carbons (Fsp3) is 0.591. The van der Waals surface area contributed by atoms with Crippen LogP contribution in [0.5, 0.6) is 0 Å². The smallest absolute Gasteiger partial charge is 0.287 e. The second-order valence-corrected chi connectivity index (χ2v) is 8.12. The van der Waals surface area contributed by atoms with E-state index in [0.29, 0.717) is 12.3 Å². The fourth-order valence-electron chi connectivity index (χ4n) is 4.73. The summed E-state index contributed by atoms with van der Waals surface area (Å²) in [5, 5.41) is 4.24. The van der Waals surface area contributed by atoms with Gasteiger partial charge in [0.05, 0.1) is 13.2 Å². The summed E-state index contributed by atoms with van der Waals surface area (Å²) in [6, 6.07) is 6.05. The van der Waals surface area contributed by atoms with Gasteiger partial charge in [-0.1, -0.05) is 30.9 Å². The van der Waals surface area contributed by atoms with Crippen molar-refractivity contribution in [3.05, 3.63) is 35.1 Å². The third-order valence-electron chi connectivity index (χ3n) is 6.34. The summed E-state index contributed by atoms with van der Waals surface area (Å²) in [5.41, 5.74) is 2.94. The second kappa shape index (κ2) is 7.64. The highest BCUT2D eigenvalue weighted by atomic mass is 16.5. The van der Waals surface area contributed by atoms with Crippen molar-refractivity contribution in [2.24, 2.45) is 0 Å². The highest BCUT2D eigenvalue weighted by molar-refractivity contribution is 5.99. The van der Waals surface area contributed by atoms with E-state index in [1.165, 1.54) is 24.8 Å². The molecule has 146 valence electrons. The molecule has 2 heterocycles. The number of nitrogens with one attached hydrogen (secondary N) is 1. The van der Waals surface area contributed by atoms with Crippen LogP contribution in [0.1, 0.15) is 53.8 Å². The van der Waals surface area contributed by atoms with Crippen LogP contribution < -0.4 is 5.32 Å². The Kier molecular flexibility index (Phi) is 5.24. The number of furan rings is 1. The van der Waals surface area contributed by atoms with E-state index in [0.717, 1.165) is 55.7 Å². The SMILES string of the molecule is Cc1ccc2oc(C(=O)NCC3(N4CCOCC4)CCCCC3)c(C)c2c1. The summed E-state index contributed by atoms with van der Waals surface area (Å²) in [7, 11) is 0. The lowest BCUT2D eigenvalue weighted by molar-refractivity contribution is -0.0362. The lowest BCUT2D eigenvalue weighted by Gasteiger charge is -2.48. The molecule has 1 amide bonds. The van der Waals surface area contributed by atoms with Crippen LogP contribution in [0.3, 0.4) is 0 Å². The Hall–Kier alpha value is -1.85. The van der Waals surface area contributed by atoms with Gasteiger partial charge in [0.25, 0.3) is 5.91 Å². The van der Waals surface area contributed by atoms with Gasteiger partial charge in [0, 0.05) is 36.1 Å². The molecule has 0 bridgehead atoms. The van der Waals surface area contributed by atoms with Gasteiger partial charge in [-0.15, -0.1) is 0 Å². The molecular weight excluding hydrogens is 340 g/mol. The first-order valence-corrected chi connectivity index (χ1v) is 10.2. The Morgan fingerprint density at radius 2 is 1.89 bits per heavy atom. The molecule has 0 unspecified atom stereocenters. The molecule has 1 N–H and O–H groups in total. The number of amides is 1. The molecule has 27 heavy (non-hydrogen) atoms. The predicted octanol–water partition coefficient (Wildman–Crippen LogP) is 3.81. The first-order chi connectivity index (χ1) is 13.1. The molecule has 0 radical (unpaired) electrons. The minimum absolute atomic E-state index is 0.0637. The van der Waals surface area contributed by atoms with Crippen molar-refractivity contribution in [2.45, 2.75) is 51.5 Å². The maximum absolute atomic E-state index is 12.9. The van der Waals surface area contributed by atoms with Crippen molar-refractivity contribution < 1.29 is 13.9 Å². The molecule has 5 heteroatoms. The molecule has 1 saturated carbocycles. The Morgan fingerprint density at radius 1 is 1.15 bits per heavy atom. The van der Waals surface area contributed by atoms with E-state index in [9.17, 15) is 4.79 Å². The second-order valence-electron chi connectivity index (χ2n) is 8.12. The number of nitrogens with zero attached hydrogens (tertiary/aromatic N) is 1. The van der Waals surface area contributed by atoms with E-state index in [1.54, 1.807) is 0 Å². The standard InChI is InChI=1S/C22H30N2O3/c1-16-6-7-19-18(14-16)17(2)20(27-19)21(25)23-15-22(8-4-3-5-9-22)24-10-12-26-13-11-24/h6-7,14H,3-5,8-13,15H2,1-2H3,(H,23,25). The molecule has 4 rings (SSSR count). The molecule has 1 saturated heterocycles. The first kappa shape index (κ1) is 18.5. The summed E-state index contributed by atoms with van der Waals surface area (Å²) < 4.78 is 11.4. The Labute approximate surface area is 161 Å². The third kappa shape index (κ3) is 3.63. The summed E-state index contributed by atoms with van der Waals surface area (Å²) in [6.07, 6.45) is 6.05. The average Bonchev–Trinajstić information content (AvgIpc) is 3.04. The molecule has 5 nitrogen and oxygen atoms in total. The van der Waals surface area contributed by atoms with E-state index < -0.39 is 0 Å². The average molecular weight is 370 g/mol. The van der Waals surface area contributed by atoms with Crippen molar-refractivity contribution >= 4 is 16.9 Å². The van der Waals surface area contributed by atoms with Crippen LogP contribution in [0.25, 0.3) is 11.0 Å². The normalized spacial score (nSPS) is 20.7. The van der Waals surface area contributed by atoms with E-state index in [2.05, 4.69) is 23.2 Å². The van der Waals surface area contributed by atoms with Gasteiger partial charge in [0.15, 0.2) is 5.76 Å². The highest BCUT2D eigenvalue weighted by Gasteiger charge is 2.39. The molecular formula is C22H30N2O3. The molecule has 1 aromatic carbocycles. The number of rotatable bonds is 4. The number of ether oxygens (including phenoxy) is 1. The van der Waals surface area contributed by atoms with Gasteiger partial charge in [-0.05, 0) is 38.8 Å². The summed E-state index contributed by atoms with van der Waals surface area (Å²) >= 11 is 0. The molecule has 1 aromatic heterocycles. The highest BCUT2D eigenvalue weighted by Crippen LogP contribution is 2.34. The predicted molar refractivity (Wildman–Crippen MR) is 106 cm³/mol. The van der Waals surface area contributed by atoms with Gasteiger partial charge in [-0.25, -0.2) is 0 Å². The minimum Gasteiger partial charge on any atom is -0.451 e. The first-order valence-electron chi connectivity index (χ1n) is 10.2. The van der Waals surface area contributed by atoms with Gasteiger partial charge < -0.3 is 14.5 Å². The third-order valence-corrected chi connectivity index (χ3v) is 6.34. The molecule has 2 aliphatic rings. The van der Waals surface area contributed by atoms with Gasteiger partial charge >= 0.3 is 0 Å². The maximum atomic E-state index is 12.9. The number of hydrogen-bond donors (Lipinski definition) is 1. The number of hydrogen-bond acceptors (Lipinski definition) is 4. The monoisotopic (exact) mass is 370 g/mol. The van der Waals surface area contributed by atoms with E-state index >= 15 is 0 Å². The van der Waals surface area contributed by atoms with Gasteiger partial charge in [0.2, 0.25) is 0 Å². The van der Waals surface area contributed by atoms with E-state index in [-0.39, 0.29) is 11.4 Å². The summed E-state index contributed by atoms with van der Waals surface area (Å²) in [5.74, 6) is 0.350. The van der Waals surface area contributed by atoms with Crippen molar-refractivity contribution in [1.82, 2.24) is 10.2 Å². The van der Waals surface area contributed by atoms with Crippen molar-refractivity contribution in [2.75, 3.05) is 32.8 Å². The van der Waals surface area contributed by atoms with Crippen molar-refractivity contribution in [3.8, 4) is 0 Å². The van der Waals surface area contributed by atoms with E-state index in [1.807, 2.05) is 19.1 Å². The van der Waals surface area contributed by atoms with Crippen LogP contribution in [0.2, 0.25) is 0 Å². The molecule has 0 spiro atoms. The largest absolute Gasteiger partial charge is 0.451 e. The Morgan fingerprint density at radius 3 is 2.63 bits per heavy atom. The number of morpholine rings is 1. The Bertz CT molecular complexity index is 814. The number of carbonyl (C=O) groups is 1. The summed E-state index contributed by atoms with van der Waals surface area (Å²) in [4.78, 5) is 15.5. The quantitative estimate of drug-likeness (QED) is 0.889. The minimum atomic E-state index is -0.0976. The van der Waals surface area contributed by atoms with Crippen molar-refractivity contribution in [1.29, 1.82) is 0 Å². The van der Waals surface area contributed by atoms with Crippen LogP contribution in [0.4, 0.5) is 0 Å². The van der Waals surface area contributed by atoms with Crippen molar-refractivity contribution in [3.63, 3.8) is 0 Å². The molecule has 1 aliphatic heterocycles. The van der Waals surface area contributed by atoms with Crippen LogP contribution in [0.15, 0.2) is 22.6 Å². The lowest BCUT2D eigenvalue weighted by atomic mass is 9.79. The summed E-state index contributed by atoms with van der Waals surface area (Å²) in [6.45, 7) is 8.20. The maximum Gasteiger partial charge on any atom is 0.287 e. The molecule has 2 aromatic rings. The number of aryl methyl sites for hydroxylation is 2. The van der Waals surface area contributed by atoms with Crippen LogP contribution in [-0.2, 0) is 4.74 Å². The zero-order valence-electron chi connectivity index (χ0n) is 16.5. The van der Waals surface area contributed by atoms with Gasteiger partial charge in [-0.3, -0.25) is 9.69 Å². The van der Waals surface area contributed by atoms with Crippen LogP contribution in [0, 0.1) is 13.8 Å². The number of benzene rings is 1. The zero-order chi connectivity index (χ0) is 18.9. The Balaban J connectivity index is 1.52. The van der Waals surface area contributed by atoms with Gasteiger partial charge in [-0.2, -0.15) is 0 Å². The lowest BCUT2D eigenvalue weighted by Crippen LogP contribution is -2.59. The zero-order valence-corrected chi connectivity index (χ0v) is 16.5. The van der Waals surface area contributed by atoms with Crippen LogP contribution in [-0.4, -0.2) is 49.2 Å². The topological polar surface area (TPSA) is 54.7 Å². The number of carbonyl (C=O) groups excluding carboxylic acids is 1. The fourth-order valence-corrected chi connectivity index (χ4v) is 4.73.